The average Bonchev–Trinajstić information content (AvgIpc) is 3.37. The van der Waals surface area contributed by atoms with Crippen molar-refractivity contribution in [3.05, 3.63) is 42.5 Å². The van der Waals surface area contributed by atoms with Gasteiger partial charge in [-0.25, -0.2) is 0 Å². The highest BCUT2D eigenvalue weighted by molar-refractivity contribution is 5.83. The molecule has 0 spiro atoms. The monoisotopic (exact) mass is 297 g/mol. The van der Waals surface area contributed by atoms with Gasteiger partial charge in [0.2, 0.25) is 0 Å². The van der Waals surface area contributed by atoms with Crippen molar-refractivity contribution in [2.75, 3.05) is 20.2 Å². The molecular weight excluding hydrogens is 274 g/mol. The SMILES string of the molecule is CN=C(NCCCOc1ccc2ccccc2c1)NC1CC1. The van der Waals surface area contributed by atoms with Crippen LogP contribution >= 0.6 is 0 Å². The van der Waals surface area contributed by atoms with Gasteiger partial charge in [-0.15, -0.1) is 0 Å². The van der Waals surface area contributed by atoms with E-state index >= 15 is 0 Å². The second kappa shape index (κ2) is 7.16. The quantitative estimate of drug-likeness (QED) is 0.489. The zero-order valence-electron chi connectivity index (χ0n) is 13.0. The maximum absolute atomic E-state index is 5.82. The number of nitrogens with one attached hydrogen (secondary N) is 2. The fraction of sp³-hybridized carbons (Fsp3) is 0.389. The molecule has 0 amide bonds. The number of benzene rings is 2. The van der Waals surface area contributed by atoms with Crippen LogP contribution in [-0.2, 0) is 0 Å². The summed E-state index contributed by atoms with van der Waals surface area (Å²) in [6.45, 7) is 1.56. The molecule has 116 valence electrons. The van der Waals surface area contributed by atoms with Gasteiger partial charge in [-0.2, -0.15) is 0 Å². The van der Waals surface area contributed by atoms with Gasteiger partial charge in [-0.05, 0) is 42.2 Å². The number of rotatable bonds is 6. The lowest BCUT2D eigenvalue weighted by Crippen LogP contribution is -2.39. The smallest absolute Gasteiger partial charge is 0.191 e. The Morgan fingerprint density at radius 1 is 1.18 bits per heavy atom. The Morgan fingerprint density at radius 3 is 2.77 bits per heavy atom. The first-order chi connectivity index (χ1) is 10.8. The third-order valence-electron chi connectivity index (χ3n) is 3.75. The van der Waals surface area contributed by atoms with Crippen LogP contribution in [0.3, 0.4) is 0 Å². The topological polar surface area (TPSA) is 45.7 Å². The summed E-state index contributed by atoms with van der Waals surface area (Å²) in [7, 11) is 1.81. The van der Waals surface area contributed by atoms with Gasteiger partial charge in [0.15, 0.2) is 5.96 Å². The Morgan fingerprint density at radius 2 is 2.00 bits per heavy atom. The largest absolute Gasteiger partial charge is 0.494 e. The summed E-state index contributed by atoms with van der Waals surface area (Å²) in [5, 5.41) is 9.14. The summed E-state index contributed by atoms with van der Waals surface area (Å²) in [6, 6.07) is 15.2. The van der Waals surface area contributed by atoms with Gasteiger partial charge in [-0.1, -0.05) is 30.3 Å². The highest BCUT2D eigenvalue weighted by Crippen LogP contribution is 2.20. The van der Waals surface area contributed by atoms with E-state index in [-0.39, 0.29) is 0 Å². The minimum atomic E-state index is 0.625. The molecule has 4 heteroatoms. The van der Waals surface area contributed by atoms with Crippen LogP contribution < -0.4 is 15.4 Å². The number of aliphatic imine (C=N–C) groups is 1. The van der Waals surface area contributed by atoms with E-state index in [1.54, 1.807) is 0 Å². The molecule has 2 N–H and O–H groups in total. The predicted molar refractivity (Wildman–Crippen MR) is 91.6 cm³/mol. The summed E-state index contributed by atoms with van der Waals surface area (Å²) in [5.41, 5.74) is 0. The summed E-state index contributed by atoms with van der Waals surface area (Å²) in [5.74, 6) is 1.83. The summed E-state index contributed by atoms with van der Waals surface area (Å²) < 4.78 is 5.82. The molecule has 2 aromatic rings. The molecule has 1 saturated carbocycles. The van der Waals surface area contributed by atoms with E-state index in [4.69, 9.17) is 4.74 Å². The average molecular weight is 297 g/mol. The molecule has 0 aromatic heterocycles. The van der Waals surface area contributed by atoms with Gasteiger partial charge in [0.05, 0.1) is 6.61 Å². The van der Waals surface area contributed by atoms with Gasteiger partial charge >= 0.3 is 0 Å². The first-order valence-electron chi connectivity index (χ1n) is 7.94. The van der Waals surface area contributed by atoms with Crippen LogP contribution in [0.25, 0.3) is 10.8 Å². The summed E-state index contributed by atoms with van der Waals surface area (Å²) in [6.07, 6.45) is 3.45. The lowest BCUT2D eigenvalue weighted by molar-refractivity contribution is 0.311. The Hall–Kier alpha value is -2.23. The number of hydrogen-bond donors (Lipinski definition) is 2. The molecule has 2 aromatic carbocycles. The van der Waals surface area contributed by atoms with Crippen molar-refractivity contribution in [2.45, 2.75) is 25.3 Å². The van der Waals surface area contributed by atoms with Crippen LogP contribution in [-0.4, -0.2) is 32.2 Å². The zero-order chi connectivity index (χ0) is 15.2. The molecule has 0 saturated heterocycles. The van der Waals surface area contributed by atoms with Crippen molar-refractivity contribution in [1.29, 1.82) is 0 Å². The van der Waals surface area contributed by atoms with Crippen molar-refractivity contribution in [1.82, 2.24) is 10.6 Å². The van der Waals surface area contributed by atoms with Crippen molar-refractivity contribution in [3.63, 3.8) is 0 Å². The summed E-state index contributed by atoms with van der Waals surface area (Å²) in [4.78, 5) is 4.21. The van der Waals surface area contributed by atoms with E-state index < -0.39 is 0 Å². The molecule has 0 bridgehead atoms. The van der Waals surface area contributed by atoms with Crippen LogP contribution in [0.15, 0.2) is 47.5 Å². The van der Waals surface area contributed by atoms with Crippen LogP contribution in [0, 0.1) is 0 Å². The van der Waals surface area contributed by atoms with Crippen molar-refractivity contribution in [3.8, 4) is 5.75 Å². The summed E-state index contributed by atoms with van der Waals surface area (Å²) >= 11 is 0. The van der Waals surface area contributed by atoms with Gasteiger partial charge in [0.1, 0.15) is 5.75 Å². The molecule has 0 atom stereocenters. The van der Waals surface area contributed by atoms with Gasteiger partial charge in [0, 0.05) is 19.6 Å². The highest BCUT2D eigenvalue weighted by Gasteiger charge is 2.21. The first-order valence-corrected chi connectivity index (χ1v) is 7.94. The van der Waals surface area contributed by atoms with Crippen LogP contribution in [0.5, 0.6) is 5.75 Å². The zero-order valence-corrected chi connectivity index (χ0v) is 13.0. The maximum atomic E-state index is 5.82. The fourth-order valence-electron chi connectivity index (χ4n) is 2.34. The normalized spacial score (nSPS) is 14.9. The number of fused-ring (bicyclic) bond motifs is 1. The first kappa shape index (κ1) is 14.7. The van der Waals surface area contributed by atoms with E-state index in [0.29, 0.717) is 12.6 Å². The van der Waals surface area contributed by atoms with Crippen molar-refractivity contribution < 1.29 is 4.74 Å². The van der Waals surface area contributed by atoms with Crippen molar-refractivity contribution in [2.24, 2.45) is 4.99 Å². The lowest BCUT2D eigenvalue weighted by atomic mass is 10.1. The number of nitrogens with zero attached hydrogens (tertiary/aromatic N) is 1. The predicted octanol–water partition coefficient (Wildman–Crippen LogP) is 2.94. The van der Waals surface area contributed by atoms with E-state index in [2.05, 4.69) is 52.0 Å². The van der Waals surface area contributed by atoms with E-state index in [1.807, 2.05) is 13.1 Å². The van der Waals surface area contributed by atoms with Crippen LogP contribution in [0.1, 0.15) is 19.3 Å². The van der Waals surface area contributed by atoms with Crippen molar-refractivity contribution >= 4 is 16.7 Å². The van der Waals surface area contributed by atoms with Crippen LogP contribution in [0.4, 0.5) is 0 Å². The molecule has 22 heavy (non-hydrogen) atoms. The minimum Gasteiger partial charge on any atom is -0.494 e. The fourth-order valence-corrected chi connectivity index (χ4v) is 2.34. The third-order valence-corrected chi connectivity index (χ3v) is 3.75. The lowest BCUT2D eigenvalue weighted by Gasteiger charge is -2.11. The van der Waals surface area contributed by atoms with E-state index in [1.165, 1.54) is 23.6 Å². The number of guanidine groups is 1. The molecule has 0 heterocycles. The van der Waals surface area contributed by atoms with Gasteiger partial charge < -0.3 is 15.4 Å². The molecule has 0 unspecified atom stereocenters. The molecule has 1 aliphatic carbocycles. The third kappa shape index (κ3) is 4.13. The molecular formula is C18H23N3O. The van der Waals surface area contributed by atoms with Crippen LogP contribution in [0.2, 0.25) is 0 Å². The Bertz CT molecular complexity index is 650. The molecule has 0 aliphatic heterocycles. The standard InChI is InChI=1S/C18H23N3O/c1-19-18(21-16-8-9-16)20-11-4-12-22-17-10-7-14-5-2-3-6-15(14)13-17/h2-3,5-7,10,13,16H,4,8-9,11-12H2,1H3,(H2,19,20,21). The number of ether oxygens (including phenoxy) is 1. The molecule has 1 fully saturated rings. The molecule has 4 nitrogen and oxygen atoms in total. The second-order valence-corrected chi connectivity index (χ2v) is 5.63. The second-order valence-electron chi connectivity index (χ2n) is 5.63. The van der Waals surface area contributed by atoms with E-state index in [9.17, 15) is 0 Å². The Balaban J connectivity index is 1.40. The molecule has 1 aliphatic rings. The van der Waals surface area contributed by atoms with Gasteiger partial charge in [0.25, 0.3) is 0 Å². The van der Waals surface area contributed by atoms with Gasteiger partial charge in [-0.3, -0.25) is 4.99 Å². The minimum absolute atomic E-state index is 0.625. The van der Waals surface area contributed by atoms with E-state index in [0.717, 1.165) is 24.7 Å². The molecule has 0 radical (unpaired) electrons. The molecule has 3 rings (SSSR count). The number of hydrogen-bond acceptors (Lipinski definition) is 2. The highest BCUT2D eigenvalue weighted by atomic mass is 16.5. The maximum Gasteiger partial charge on any atom is 0.191 e. The Kier molecular flexibility index (Phi) is 4.78. The Labute approximate surface area is 131 Å².